The number of sulfone groups is 1. The number of benzene rings is 2. The van der Waals surface area contributed by atoms with Crippen molar-refractivity contribution in [1.82, 2.24) is 14.9 Å². The van der Waals surface area contributed by atoms with Crippen LogP contribution in [0, 0.1) is 0 Å². The largest absolute Gasteiger partial charge is 0.486 e. The van der Waals surface area contributed by atoms with E-state index in [-0.39, 0.29) is 10.6 Å². The monoisotopic (exact) mass is 465 g/mol. The van der Waals surface area contributed by atoms with E-state index in [1.807, 2.05) is 18.2 Å². The van der Waals surface area contributed by atoms with Gasteiger partial charge in [0, 0.05) is 30.5 Å². The highest BCUT2D eigenvalue weighted by molar-refractivity contribution is 7.91. The molecule has 0 bridgehead atoms. The molecule has 2 aliphatic heterocycles. The van der Waals surface area contributed by atoms with Crippen LogP contribution in [-0.2, 0) is 16.4 Å². The molecule has 0 amide bonds. The topological polar surface area (TPSA) is 81.6 Å². The molecule has 0 spiro atoms. The summed E-state index contributed by atoms with van der Waals surface area (Å²) >= 11 is 0. The molecule has 8 heteroatoms. The van der Waals surface area contributed by atoms with Crippen molar-refractivity contribution in [2.45, 2.75) is 37.2 Å². The van der Waals surface area contributed by atoms with Crippen LogP contribution in [0.2, 0.25) is 0 Å². The Morgan fingerprint density at radius 3 is 2.45 bits per heavy atom. The average molecular weight is 466 g/mol. The molecule has 1 fully saturated rings. The fourth-order valence-corrected chi connectivity index (χ4v) is 5.21. The second-order valence-corrected chi connectivity index (χ2v) is 10.7. The van der Waals surface area contributed by atoms with E-state index in [0.29, 0.717) is 25.1 Å². The van der Waals surface area contributed by atoms with Crippen molar-refractivity contribution >= 4 is 9.84 Å². The molecule has 0 radical (unpaired) electrons. The van der Waals surface area contributed by atoms with Gasteiger partial charge in [0.25, 0.3) is 0 Å². The molecule has 1 aromatic heterocycles. The molecule has 172 valence electrons. The molecule has 1 atom stereocenters. The van der Waals surface area contributed by atoms with Crippen LogP contribution in [0.25, 0.3) is 11.4 Å². The van der Waals surface area contributed by atoms with Crippen LogP contribution < -0.4 is 9.47 Å². The Labute approximate surface area is 194 Å². The molecule has 0 saturated carbocycles. The molecular formula is C25H27N3O4S. The Morgan fingerprint density at radius 2 is 1.73 bits per heavy atom. The Kier molecular flexibility index (Phi) is 6.03. The zero-order valence-corrected chi connectivity index (χ0v) is 19.4. The number of likely N-dealkylation sites (tertiary alicyclic amines) is 1. The second-order valence-electron chi connectivity index (χ2n) is 8.37. The molecule has 7 nitrogen and oxygen atoms in total. The van der Waals surface area contributed by atoms with Gasteiger partial charge in [-0.1, -0.05) is 37.3 Å². The van der Waals surface area contributed by atoms with E-state index in [4.69, 9.17) is 9.47 Å². The van der Waals surface area contributed by atoms with Gasteiger partial charge in [-0.2, -0.15) is 0 Å². The number of hydrogen-bond donors (Lipinski definition) is 0. The summed E-state index contributed by atoms with van der Waals surface area (Å²) in [6.07, 6.45) is 5.06. The lowest BCUT2D eigenvalue weighted by Gasteiger charge is -2.26. The van der Waals surface area contributed by atoms with Crippen LogP contribution in [-0.4, -0.2) is 48.8 Å². The van der Waals surface area contributed by atoms with Gasteiger partial charge in [0.15, 0.2) is 27.2 Å². The van der Waals surface area contributed by atoms with Gasteiger partial charge in [0.2, 0.25) is 0 Å². The van der Waals surface area contributed by atoms with E-state index in [2.05, 4.69) is 39.1 Å². The first-order chi connectivity index (χ1) is 16.0. The number of ether oxygens (including phenoxy) is 2. The van der Waals surface area contributed by atoms with Crippen molar-refractivity contribution in [2.24, 2.45) is 0 Å². The van der Waals surface area contributed by atoms with Gasteiger partial charge in [-0.3, -0.25) is 4.90 Å². The first kappa shape index (κ1) is 21.9. The lowest BCUT2D eigenvalue weighted by molar-refractivity contribution is 0.170. The summed E-state index contributed by atoms with van der Waals surface area (Å²) in [6.45, 7) is 4.72. The third-order valence-electron chi connectivity index (χ3n) is 6.28. The summed E-state index contributed by atoms with van der Waals surface area (Å²) in [5.74, 6) is 2.22. The molecule has 1 saturated heterocycles. The molecule has 0 N–H and O–H groups in total. The fraction of sp³-hybridized carbons (Fsp3) is 0.360. The SMILES string of the molecule is CCS(=O)(=O)c1cnc(-c2ccc(CN3CCCC3c3ccc4c(c3)OCCO4)cc2)nc1. The number of fused-ring (bicyclic) bond motifs is 1. The van der Waals surface area contributed by atoms with Gasteiger partial charge in [0.1, 0.15) is 18.1 Å². The van der Waals surface area contributed by atoms with E-state index >= 15 is 0 Å². The molecule has 0 aliphatic carbocycles. The third kappa shape index (κ3) is 4.58. The number of hydrogen-bond acceptors (Lipinski definition) is 7. The van der Waals surface area contributed by atoms with Gasteiger partial charge in [-0.15, -0.1) is 0 Å². The van der Waals surface area contributed by atoms with Crippen molar-refractivity contribution in [3.63, 3.8) is 0 Å². The first-order valence-electron chi connectivity index (χ1n) is 11.3. The van der Waals surface area contributed by atoms with Gasteiger partial charge >= 0.3 is 0 Å². The molecule has 1 unspecified atom stereocenters. The van der Waals surface area contributed by atoms with Gasteiger partial charge in [0.05, 0.1) is 5.75 Å². The number of nitrogens with zero attached hydrogens (tertiary/aromatic N) is 3. The summed E-state index contributed by atoms with van der Waals surface area (Å²) in [5.41, 5.74) is 3.35. The molecular weight excluding hydrogens is 438 g/mol. The summed E-state index contributed by atoms with van der Waals surface area (Å²) < 4.78 is 35.4. The van der Waals surface area contributed by atoms with Crippen LogP contribution in [0.1, 0.15) is 36.9 Å². The van der Waals surface area contributed by atoms with E-state index in [1.165, 1.54) is 23.5 Å². The van der Waals surface area contributed by atoms with Crippen molar-refractivity contribution < 1.29 is 17.9 Å². The third-order valence-corrected chi connectivity index (χ3v) is 7.97. The number of rotatable bonds is 6. The lowest BCUT2D eigenvalue weighted by atomic mass is 10.0. The van der Waals surface area contributed by atoms with Crippen molar-refractivity contribution in [3.8, 4) is 22.9 Å². The normalized spacial score (nSPS) is 18.4. The van der Waals surface area contributed by atoms with E-state index in [1.54, 1.807) is 6.92 Å². The number of aromatic nitrogens is 2. The molecule has 2 aliphatic rings. The van der Waals surface area contributed by atoms with Crippen LogP contribution in [0.15, 0.2) is 59.8 Å². The van der Waals surface area contributed by atoms with E-state index in [0.717, 1.165) is 43.0 Å². The highest BCUT2D eigenvalue weighted by atomic mass is 32.2. The Morgan fingerprint density at radius 1 is 1.00 bits per heavy atom. The van der Waals surface area contributed by atoms with Crippen molar-refractivity contribution in [2.75, 3.05) is 25.5 Å². The summed E-state index contributed by atoms with van der Waals surface area (Å²) in [7, 11) is -3.30. The lowest BCUT2D eigenvalue weighted by Crippen LogP contribution is -2.23. The molecule has 3 aromatic rings. The Hall–Kier alpha value is -2.97. The molecule has 3 heterocycles. The smallest absolute Gasteiger partial charge is 0.181 e. The van der Waals surface area contributed by atoms with Gasteiger partial charge in [-0.25, -0.2) is 18.4 Å². The maximum absolute atomic E-state index is 12.0. The van der Waals surface area contributed by atoms with E-state index < -0.39 is 9.84 Å². The quantitative estimate of drug-likeness (QED) is 0.543. The predicted molar refractivity (Wildman–Crippen MR) is 125 cm³/mol. The minimum absolute atomic E-state index is 0.0359. The maximum Gasteiger partial charge on any atom is 0.181 e. The zero-order valence-electron chi connectivity index (χ0n) is 18.6. The average Bonchev–Trinajstić information content (AvgIpc) is 3.32. The van der Waals surface area contributed by atoms with Gasteiger partial charge in [-0.05, 0) is 42.6 Å². The predicted octanol–water partition coefficient (Wildman–Crippen LogP) is 4.05. The standard InChI is InChI=1S/C25H27N3O4S/c1-2-33(29,30)21-15-26-25(27-16-21)19-7-5-18(6-8-19)17-28-11-3-4-22(28)20-9-10-23-24(14-20)32-13-12-31-23/h5-10,14-16,22H,2-4,11-13,17H2,1H3. The fourth-order valence-electron chi connectivity index (χ4n) is 4.45. The minimum atomic E-state index is -3.30. The second kappa shape index (κ2) is 9.11. The summed E-state index contributed by atoms with van der Waals surface area (Å²) in [4.78, 5) is 11.2. The van der Waals surface area contributed by atoms with E-state index in [9.17, 15) is 8.42 Å². The molecule has 5 rings (SSSR count). The highest BCUT2D eigenvalue weighted by Crippen LogP contribution is 2.38. The summed E-state index contributed by atoms with van der Waals surface area (Å²) in [5, 5.41) is 0. The van der Waals surface area contributed by atoms with Crippen LogP contribution in [0.5, 0.6) is 11.5 Å². The first-order valence-corrected chi connectivity index (χ1v) is 13.0. The van der Waals surface area contributed by atoms with Crippen molar-refractivity contribution in [3.05, 3.63) is 66.0 Å². The minimum Gasteiger partial charge on any atom is -0.486 e. The van der Waals surface area contributed by atoms with Gasteiger partial charge < -0.3 is 9.47 Å². The van der Waals surface area contributed by atoms with Crippen molar-refractivity contribution in [1.29, 1.82) is 0 Å². The Balaban J connectivity index is 1.29. The zero-order chi connectivity index (χ0) is 22.8. The Bertz CT molecular complexity index is 1230. The molecule has 33 heavy (non-hydrogen) atoms. The van der Waals surface area contributed by atoms with Crippen LogP contribution in [0.3, 0.4) is 0 Å². The van der Waals surface area contributed by atoms with Crippen LogP contribution >= 0.6 is 0 Å². The molecule has 2 aromatic carbocycles. The maximum atomic E-state index is 12.0. The summed E-state index contributed by atoms with van der Waals surface area (Å²) in [6, 6.07) is 14.8. The highest BCUT2D eigenvalue weighted by Gasteiger charge is 2.27. The van der Waals surface area contributed by atoms with Crippen LogP contribution in [0.4, 0.5) is 0 Å².